The number of nitrogens with zero attached hydrogens (tertiary/aromatic N) is 1. The van der Waals surface area contributed by atoms with Gasteiger partial charge in [-0.2, -0.15) is 0 Å². The molecule has 2 aromatic carbocycles. The Balaban J connectivity index is 1.97. The van der Waals surface area contributed by atoms with Crippen LogP contribution in [0.4, 0.5) is 11.4 Å². The molecule has 7 heteroatoms. The summed E-state index contributed by atoms with van der Waals surface area (Å²) in [6, 6.07) is 12.1. The number of anilines is 2. The highest BCUT2D eigenvalue weighted by Gasteiger charge is 2.16. The van der Waals surface area contributed by atoms with Gasteiger partial charge in [-0.1, -0.05) is 6.07 Å². The third-order valence-corrected chi connectivity index (χ3v) is 5.28. The first-order valence-electron chi connectivity index (χ1n) is 7.83. The highest BCUT2D eigenvalue weighted by Crippen LogP contribution is 2.16. The Labute approximate surface area is 148 Å². The second-order valence-corrected chi connectivity index (χ2v) is 7.83. The average molecular weight is 361 g/mol. The lowest BCUT2D eigenvalue weighted by atomic mass is 10.1. The Morgan fingerprint density at radius 3 is 2.20 bits per heavy atom. The summed E-state index contributed by atoms with van der Waals surface area (Å²) >= 11 is 0. The molecule has 0 atom stereocenters. The van der Waals surface area contributed by atoms with Crippen LogP contribution in [0.3, 0.4) is 0 Å². The van der Waals surface area contributed by atoms with Crippen molar-refractivity contribution in [2.75, 3.05) is 30.9 Å². The van der Waals surface area contributed by atoms with Crippen LogP contribution in [0.15, 0.2) is 47.4 Å². The Morgan fingerprint density at radius 2 is 1.64 bits per heavy atom. The van der Waals surface area contributed by atoms with Crippen molar-refractivity contribution in [2.24, 2.45) is 0 Å². The molecule has 0 spiro atoms. The highest BCUT2D eigenvalue weighted by molar-refractivity contribution is 7.89. The molecule has 6 nitrogen and oxygen atoms in total. The molecule has 0 radical (unpaired) electrons. The SMILES string of the molecule is Cc1ccc(S(=O)(=O)NCC(=O)Nc2ccc(N(C)C)cc2)cc1C. The highest BCUT2D eigenvalue weighted by atomic mass is 32.2. The molecular weight excluding hydrogens is 338 g/mol. The van der Waals surface area contributed by atoms with Gasteiger partial charge in [0, 0.05) is 25.5 Å². The number of carbonyl (C=O) groups is 1. The van der Waals surface area contributed by atoms with Crippen LogP contribution in [-0.4, -0.2) is 35.0 Å². The number of sulfonamides is 1. The number of rotatable bonds is 6. The molecule has 0 aliphatic carbocycles. The van der Waals surface area contributed by atoms with Crippen LogP contribution < -0.4 is 14.9 Å². The Bertz CT molecular complexity index is 860. The topological polar surface area (TPSA) is 78.5 Å². The van der Waals surface area contributed by atoms with Gasteiger partial charge in [-0.3, -0.25) is 4.79 Å². The number of benzene rings is 2. The first kappa shape index (κ1) is 19.0. The minimum Gasteiger partial charge on any atom is -0.378 e. The summed E-state index contributed by atoms with van der Waals surface area (Å²) in [6.07, 6.45) is 0. The van der Waals surface area contributed by atoms with Crippen LogP contribution in [0.1, 0.15) is 11.1 Å². The van der Waals surface area contributed by atoms with E-state index in [1.807, 2.05) is 45.0 Å². The van der Waals surface area contributed by atoms with Crippen molar-refractivity contribution in [2.45, 2.75) is 18.7 Å². The van der Waals surface area contributed by atoms with Gasteiger partial charge in [0.2, 0.25) is 15.9 Å². The van der Waals surface area contributed by atoms with Gasteiger partial charge in [-0.15, -0.1) is 0 Å². The second-order valence-electron chi connectivity index (χ2n) is 6.06. The van der Waals surface area contributed by atoms with E-state index in [2.05, 4.69) is 10.0 Å². The molecule has 25 heavy (non-hydrogen) atoms. The summed E-state index contributed by atoms with van der Waals surface area (Å²) < 4.78 is 26.9. The van der Waals surface area contributed by atoms with E-state index in [4.69, 9.17) is 0 Å². The molecule has 0 fully saturated rings. The monoisotopic (exact) mass is 361 g/mol. The van der Waals surface area contributed by atoms with Crippen LogP contribution in [0.2, 0.25) is 0 Å². The largest absolute Gasteiger partial charge is 0.378 e. The summed E-state index contributed by atoms with van der Waals surface area (Å²) in [5, 5.41) is 2.67. The van der Waals surface area contributed by atoms with Gasteiger partial charge in [0.05, 0.1) is 11.4 Å². The lowest BCUT2D eigenvalue weighted by Crippen LogP contribution is -2.33. The maximum Gasteiger partial charge on any atom is 0.241 e. The molecule has 0 aliphatic rings. The molecule has 0 aromatic heterocycles. The van der Waals surface area contributed by atoms with Crippen molar-refractivity contribution in [1.82, 2.24) is 4.72 Å². The summed E-state index contributed by atoms with van der Waals surface area (Å²) in [4.78, 5) is 14.1. The maximum absolute atomic E-state index is 12.3. The zero-order valence-corrected chi connectivity index (χ0v) is 15.6. The molecule has 1 amide bonds. The standard InChI is InChI=1S/C18H23N3O3S/c1-13-5-10-17(11-14(13)2)25(23,24)19-12-18(22)20-15-6-8-16(9-7-15)21(3)4/h5-11,19H,12H2,1-4H3,(H,20,22). The van der Waals surface area contributed by atoms with Gasteiger partial charge in [-0.05, 0) is 61.4 Å². The average Bonchev–Trinajstić information content (AvgIpc) is 2.56. The van der Waals surface area contributed by atoms with E-state index in [1.165, 1.54) is 6.07 Å². The minimum atomic E-state index is -3.72. The summed E-state index contributed by atoms with van der Waals surface area (Å²) in [6.45, 7) is 3.43. The van der Waals surface area contributed by atoms with E-state index >= 15 is 0 Å². The summed E-state index contributed by atoms with van der Waals surface area (Å²) in [5.41, 5.74) is 3.51. The van der Waals surface area contributed by atoms with E-state index in [0.717, 1.165) is 16.8 Å². The number of hydrogen-bond acceptors (Lipinski definition) is 4. The molecule has 0 heterocycles. The molecule has 0 bridgehead atoms. The first-order chi connectivity index (χ1) is 11.7. The summed E-state index contributed by atoms with van der Waals surface area (Å²) in [5.74, 6) is -0.426. The molecule has 134 valence electrons. The fourth-order valence-electron chi connectivity index (χ4n) is 2.17. The predicted molar refractivity (Wildman–Crippen MR) is 101 cm³/mol. The van der Waals surface area contributed by atoms with Crippen LogP contribution in [0, 0.1) is 13.8 Å². The van der Waals surface area contributed by atoms with E-state index in [1.54, 1.807) is 24.3 Å². The third kappa shape index (κ3) is 5.04. The quantitative estimate of drug-likeness (QED) is 0.827. The molecule has 2 rings (SSSR count). The van der Waals surface area contributed by atoms with E-state index in [9.17, 15) is 13.2 Å². The predicted octanol–water partition coefficient (Wildman–Crippen LogP) is 2.29. The minimum absolute atomic E-state index is 0.152. The third-order valence-electron chi connectivity index (χ3n) is 3.88. The van der Waals surface area contributed by atoms with E-state index < -0.39 is 15.9 Å². The molecule has 2 aromatic rings. The lowest BCUT2D eigenvalue weighted by molar-refractivity contribution is -0.115. The Kier molecular flexibility index (Phi) is 5.81. The summed E-state index contributed by atoms with van der Waals surface area (Å²) in [7, 11) is 0.129. The normalized spacial score (nSPS) is 11.2. The number of hydrogen-bond donors (Lipinski definition) is 2. The van der Waals surface area contributed by atoms with Crippen molar-refractivity contribution < 1.29 is 13.2 Å². The fraction of sp³-hybridized carbons (Fsp3) is 0.278. The molecule has 0 saturated heterocycles. The second kappa shape index (κ2) is 7.67. The lowest BCUT2D eigenvalue weighted by Gasteiger charge is -2.13. The van der Waals surface area contributed by atoms with Gasteiger partial charge >= 0.3 is 0 Å². The molecular formula is C18H23N3O3S. The van der Waals surface area contributed by atoms with Crippen molar-refractivity contribution in [1.29, 1.82) is 0 Å². The van der Waals surface area contributed by atoms with Gasteiger partial charge in [0.25, 0.3) is 0 Å². The fourth-order valence-corrected chi connectivity index (χ4v) is 3.24. The molecule has 2 N–H and O–H groups in total. The number of carbonyl (C=O) groups excluding carboxylic acids is 1. The van der Waals surface area contributed by atoms with Crippen molar-refractivity contribution in [3.8, 4) is 0 Å². The zero-order valence-electron chi connectivity index (χ0n) is 14.8. The Hall–Kier alpha value is -2.38. The molecule has 0 saturated carbocycles. The zero-order chi connectivity index (χ0) is 18.6. The van der Waals surface area contributed by atoms with Crippen LogP contribution in [-0.2, 0) is 14.8 Å². The van der Waals surface area contributed by atoms with Crippen molar-refractivity contribution in [3.05, 3.63) is 53.6 Å². The number of aryl methyl sites for hydroxylation is 2. The first-order valence-corrected chi connectivity index (χ1v) is 9.31. The van der Waals surface area contributed by atoms with Crippen molar-refractivity contribution >= 4 is 27.3 Å². The van der Waals surface area contributed by atoms with Gasteiger partial charge in [0.15, 0.2) is 0 Å². The number of amides is 1. The number of nitrogens with one attached hydrogen (secondary N) is 2. The van der Waals surface area contributed by atoms with Crippen LogP contribution in [0.25, 0.3) is 0 Å². The van der Waals surface area contributed by atoms with Gasteiger partial charge in [-0.25, -0.2) is 13.1 Å². The molecule has 0 aliphatic heterocycles. The van der Waals surface area contributed by atoms with Gasteiger partial charge < -0.3 is 10.2 Å². The van der Waals surface area contributed by atoms with E-state index in [0.29, 0.717) is 5.69 Å². The molecule has 0 unspecified atom stereocenters. The maximum atomic E-state index is 12.3. The van der Waals surface area contributed by atoms with Crippen LogP contribution in [0.5, 0.6) is 0 Å². The van der Waals surface area contributed by atoms with Crippen molar-refractivity contribution in [3.63, 3.8) is 0 Å². The van der Waals surface area contributed by atoms with Crippen LogP contribution >= 0.6 is 0 Å². The van der Waals surface area contributed by atoms with E-state index in [-0.39, 0.29) is 11.4 Å². The Morgan fingerprint density at radius 1 is 1.00 bits per heavy atom. The van der Waals surface area contributed by atoms with Gasteiger partial charge in [0.1, 0.15) is 0 Å². The smallest absolute Gasteiger partial charge is 0.241 e.